The normalized spacial score (nSPS) is 17.4. The Morgan fingerprint density at radius 2 is 2.06 bits per heavy atom. The van der Waals surface area contributed by atoms with Gasteiger partial charge in [0.2, 0.25) is 11.6 Å². The molecule has 33 heavy (non-hydrogen) atoms. The summed E-state index contributed by atoms with van der Waals surface area (Å²) >= 11 is 6.22. The van der Waals surface area contributed by atoms with Crippen molar-refractivity contribution in [2.75, 3.05) is 18.0 Å². The lowest BCUT2D eigenvalue weighted by Gasteiger charge is -2.20. The highest BCUT2D eigenvalue weighted by Gasteiger charge is 2.39. The van der Waals surface area contributed by atoms with Crippen molar-refractivity contribution in [1.82, 2.24) is 30.3 Å². The SMILES string of the molecule is CC(=O)NC1CCN(c2nc(OC(C)C(F)(F)F)nc3nn(Cc4ccccc4Cl)nc23)C1. The highest BCUT2D eigenvalue weighted by atomic mass is 35.5. The summed E-state index contributed by atoms with van der Waals surface area (Å²) < 4.78 is 44.1. The minimum absolute atomic E-state index is 0.0967. The first-order valence-electron chi connectivity index (χ1n) is 10.2. The summed E-state index contributed by atoms with van der Waals surface area (Å²) in [6.07, 6.45) is -6.04. The van der Waals surface area contributed by atoms with Crippen LogP contribution in [0, 0.1) is 0 Å². The molecule has 1 fully saturated rings. The number of carbonyl (C=O) groups excluding carboxylic acids is 1. The Labute approximate surface area is 191 Å². The number of nitrogens with one attached hydrogen (secondary N) is 1. The van der Waals surface area contributed by atoms with Gasteiger partial charge in [-0.15, -0.1) is 10.2 Å². The molecule has 0 radical (unpaired) electrons. The zero-order valence-electron chi connectivity index (χ0n) is 17.8. The maximum absolute atomic E-state index is 13.0. The maximum atomic E-state index is 13.0. The van der Waals surface area contributed by atoms with Crippen LogP contribution < -0.4 is 15.0 Å². The number of ether oxygens (including phenoxy) is 1. The quantitative estimate of drug-likeness (QED) is 0.575. The lowest BCUT2D eigenvalue weighted by atomic mass is 10.2. The molecule has 1 aromatic carbocycles. The number of rotatable bonds is 6. The van der Waals surface area contributed by atoms with Gasteiger partial charge in [0, 0.05) is 31.1 Å². The molecule has 1 aliphatic rings. The van der Waals surface area contributed by atoms with E-state index in [1.165, 1.54) is 11.7 Å². The van der Waals surface area contributed by atoms with E-state index in [9.17, 15) is 18.0 Å². The van der Waals surface area contributed by atoms with Gasteiger partial charge >= 0.3 is 12.2 Å². The number of benzene rings is 1. The highest BCUT2D eigenvalue weighted by molar-refractivity contribution is 6.31. The molecule has 9 nitrogen and oxygen atoms in total. The molecule has 0 saturated carbocycles. The summed E-state index contributed by atoms with van der Waals surface area (Å²) in [4.78, 5) is 22.9. The average molecular weight is 484 g/mol. The lowest BCUT2D eigenvalue weighted by Crippen LogP contribution is -2.36. The molecule has 2 atom stereocenters. The van der Waals surface area contributed by atoms with E-state index in [0.29, 0.717) is 35.9 Å². The molecule has 0 aliphatic carbocycles. The van der Waals surface area contributed by atoms with Gasteiger partial charge < -0.3 is 15.0 Å². The molecular weight excluding hydrogens is 463 g/mol. The third-order valence-electron chi connectivity index (χ3n) is 5.16. The number of amides is 1. The minimum atomic E-state index is -4.58. The van der Waals surface area contributed by atoms with Crippen molar-refractivity contribution in [3.8, 4) is 6.01 Å². The first-order valence-corrected chi connectivity index (χ1v) is 10.6. The van der Waals surface area contributed by atoms with E-state index in [1.54, 1.807) is 12.1 Å². The number of fused-ring (bicyclic) bond motifs is 1. The largest absolute Gasteiger partial charge is 0.451 e. The molecule has 2 aromatic heterocycles. The molecule has 2 unspecified atom stereocenters. The first kappa shape index (κ1) is 23.0. The standard InChI is InChI=1S/C20H21ClF3N7O2/c1-11(20(22,23)24)33-19-26-17-16(18(27-19)30-8-7-14(10-30)25-12(2)32)28-31(29-17)9-13-5-3-4-6-15(13)21/h3-6,11,14H,7-10H2,1-2H3,(H,25,32). The van der Waals surface area contributed by atoms with Gasteiger partial charge in [-0.1, -0.05) is 29.8 Å². The Morgan fingerprint density at radius 3 is 2.76 bits per heavy atom. The second kappa shape index (κ2) is 9.00. The van der Waals surface area contributed by atoms with Crippen LogP contribution in [0.4, 0.5) is 19.0 Å². The maximum Gasteiger partial charge on any atom is 0.425 e. The van der Waals surface area contributed by atoms with Gasteiger partial charge in [0.15, 0.2) is 17.4 Å². The Kier molecular flexibility index (Phi) is 6.28. The Hall–Kier alpha value is -3.15. The first-order chi connectivity index (χ1) is 15.6. The van der Waals surface area contributed by atoms with Gasteiger partial charge in [0.05, 0.1) is 6.54 Å². The zero-order chi connectivity index (χ0) is 23.8. The van der Waals surface area contributed by atoms with E-state index in [1.807, 2.05) is 17.0 Å². The minimum Gasteiger partial charge on any atom is -0.451 e. The fraction of sp³-hybridized carbons (Fsp3) is 0.450. The second-order valence-corrected chi connectivity index (χ2v) is 8.16. The van der Waals surface area contributed by atoms with Crippen molar-refractivity contribution in [3.05, 3.63) is 34.9 Å². The average Bonchev–Trinajstić information content (AvgIpc) is 3.34. The van der Waals surface area contributed by atoms with E-state index in [0.717, 1.165) is 12.5 Å². The Balaban J connectivity index is 1.70. The summed E-state index contributed by atoms with van der Waals surface area (Å²) in [5.74, 6) is 0.131. The van der Waals surface area contributed by atoms with Crippen LogP contribution in [0.1, 0.15) is 25.8 Å². The van der Waals surface area contributed by atoms with E-state index < -0.39 is 18.3 Å². The van der Waals surface area contributed by atoms with E-state index in [2.05, 4.69) is 25.5 Å². The number of aromatic nitrogens is 5. The molecule has 1 N–H and O–H groups in total. The number of nitrogens with zero attached hydrogens (tertiary/aromatic N) is 6. The van der Waals surface area contributed by atoms with Gasteiger partial charge in [-0.25, -0.2) is 0 Å². The van der Waals surface area contributed by atoms with Gasteiger partial charge in [0.1, 0.15) is 0 Å². The van der Waals surface area contributed by atoms with Crippen LogP contribution in [0.15, 0.2) is 24.3 Å². The van der Waals surface area contributed by atoms with Gasteiger partial charge in [0.25, 0.3) is 0 Å². The highest BCUT2D eigenvalue weighted by Crippen LogP contribution is 2.29. The van der Waals surface area contributed by atoms with Gasteiger partial charge in [-0.05, 0) is 25.0 Å². The monoisotopic (exact) mass is 483 g/mol. The van der Waals surface area contributed by atoms with Crippen LogP contribution in [0.25, 0.3) is 11.2 Å². The fourth-order valence-electron chi connectivity index (χ4n) is 3.52. The number of halogens is 4. The number of alkyl halides is 3. The van der Waals surface area contributed by atoms with Crippen LogP contribution in [-0.2, 0) is 11.3 Å². The van der Waals surface area contributed by atoms with E-state index in [-0.39, 0.29) is 24.1 Å². The molecular formula is C20H21ClF3N7O2. The molecule has 1 aliphatic heterocycles. The Bertz CT molecular complexity index is 1170. The van der Waals surface area contributed by atoms with Crippen molar-refractivity contribution < 1.29 is 22.7 Å². The zero-order valence-corrected chi connectivity index (χ0v) is 18.6. The van der Waals surface area contributed by atoms with Crippen molar-refractivity contribution in [2.45, 2.75) is 45.1 Å². The molecule has 3 heterocycles. The van der Waals surface area contributed by atoms with E-state index >= 15 is 0 Å². The molecule has 4 rings (SSSR count). The van der Waals surface area contributed by atoms with Crippen LogP contribution >= 0.6 is 11.6 Å². The van der Waals surface area contributed by atoms with Crippen LogP contribution in [0.3, 0.4) is 0 Å². The Morgan fingerprint density at radius 1 is 1.30 bits per heavy atom. The third-order valence-corrected chi connectivity index (χ3v) is 5.53. The van der Waals surface area contributed by atoms with E-state index in [4.69, 9.17) is 16.3 Å². The summed E-state index contributed by atoms with van der Waals surface area (Å²) in [6, 6.07) is 6.61. The van der Waals surface area contributed by atoms with Gasteiger partial charge in [-0.2, -0.15) is 27.9 Å². The van der Waals surface area contributed by atoms with Gasteiger partial charge in [-0.3, -0.25) is 4.79 Å². The molecule has 0 spiro atoms. The smallest absolute Gasteiger partial charge is 0.425 e. The van der Waals surface area contributed by atoms with Crippen molar-refractivity contribution in [1.29, 1.82) is 0 Å². The second-order valence-electron chi connectivity index (χ2n) is 7.76. The molecule has 1 saturated heterocycles. The molecule has 176 valence electrons. The number of anilines is 1. The van der Waals surface area contributed by atoms with Crippen LogP contribution in [0.2, 0.25) is 5.02 Å². The van der Waals surface area contributed by atoms with Crippen molar-refractivity contribution in [3.63, 3.8) is 0 Å². The predicted molar refractivity (Wildman–Crippen MR) is 114 cm³/mol. The van der Waals surface area contributed by atoms with Crippen LogP contribution in [-0.4, -0.2) is 62.3 Å². The third kappa shape index (κ3) is 5.27. The summed E-state index contributed by atoms with van der Waals surface area (Å²) in [7, 11) is 0. The molecule has 0 bridgehead atoms. The number of hydrogen-bond donors (Lipinski definition) is 1. The summed E-state index contributed by atoms with van der Waals surface area (Å²) in [6.45, 7) is 3.47. The van der Waals surface area contributed by atoms with Crippen molar-refractivity contribution in [2.24, 2.45) is 0 Å². The fourth-order valence-corrected chi connectivity index (χ4v) is 3.72. The van der Waals surface area contributed by atoms with Crippen LogP contribution in [0.5, 0.6) is 6.01 Å². The lowest BCUT2D eigenvalue weighted by molar-refractivity contribution is -0.190. The molecule has 3 aromatic rings. The number of carbonyl (C=O) groups is 1. The molecule has 13 heteroatoms. The molecule has 1 amide bonds. The number of hydrogen-bond acceptors (Lipinski definition) is 7. The topological polar surface area (TPSA) is 98.1 Å². The summed E-state index contributed by atoms with van der Waals surface area (Å²) in [5.41, 5.74) is 1.18. The summed E-state index contributed by atoms with van der Waals surface area (Å²) in [5, 5.41) is 12.2. The van der Waals surface area contributed by atoms with Crippen molar-refractivity contribution >= 4 is 34.5 Å². The predicted octanol–water partition coefficient (Wildman–Crippen LogP) is 2.97.